The molecular formula is C22H37N5O. The molecule has 0 radical (unpaired) electrons. The molecule has 0 aliphatic carbocycles. The van der Waals surface area contributed by atoms with Crippen LogP contribution in [0.15, 0.2) is 29.3 Å². The minimum atomic E-state index is 0.611. The Morgan fingerprint density at radius 2 is 1.93 bits per heavy atom. The average molecular weight is 388 g/mol. The van der Waals surface area contributed by atoms with Crippen LogP contribution in [0.25, 0.3) is 0 Å². The number of rotatable bonds is 8. The number of ether oxygens (including phenoxy) is 1. The Balaban J connectivity index is 1.34. The van der Waals surface area contributed by atoms with Crippen LogP contribution in [0.2, 0.25) is 0 Å². The van der Waals surface area contributed by atoms with Crippen molar-refractivity contribution in [1.82, 2.24) is 15.1 Å². The lowest BCUT2D eigenvalue weighted by atomic mass is 9.96. The minimum Gasteiger partial charge on any atom is -0.497 e. The van der Waals surface area contributed by atoms with Crippen molar-refractivity contribution >= 4 is 5.96 Å². The summed E-state index contributed by atoms with van der Waals surface area (Å²) >= 11 is 0. The van der Waals surface area contributed by atoms with Crippen LogP contribution in [0.3, 0.4) is 0 Å². The van der Waals surface area contributed by atoms with Gasteiger partial charge in [0.2, 0.25) is 0 Å². The Morgan fingerprint density at radius 1 is 1.18 bits per heavy atom. The first-order chi connectivity index (χ1) is 13.7. The maximum absolute atomic E-state index is 6.11. The average Bonchev–Trinajstić information content (AvgIpc) is 3.20. The zero-order valence-corrected chi connectivity index (χ0v) is 17.6. The second-order valence-corrected chi connectivity index (χ2v) is 8.10. The zero-order valence-electron chi connectivity index (χ0n) is 17.6. The largest absolute Gasteiger partial charge is 0.497 e. The highest BCUT2D eigenvalue weighted by molar-refractivity contribution is 5.77. The summed E-state index contributed by atoms with van der Waals surface area (Å²) in [6.07, 6.45) is 4.95. The van der Waals surface area contributed by atoms with Gasteiger partial charge in [-0.05, 0) is 75.5 Å². The summed E-state index contributed by atoms with van der Waals surface area (Å²) in [7, 11) is 1.71. The van der Waals surface area contributed by atoms with Crippen molar-refractivity contribution in [2.75, 3.05) is 46.4 Å². The van der Waals surface area contributed by atoms with E-state index in [0.29, 0.717) is 17.9 Å². The van der Waals surface area contributed by atoms with Gasteiger partial charge in [-0.15, -0.1) is 0 Å². The van der Waals surface area contributed by atoms with Gasteiger partial charge in [0.25, 0.3) is 0 Å². The van der Waals surface area contributed by atoms with E-state index in [9.17, 15) is 0 Å². The maximum atomic E-state index is 6.11. The number of guanidine groups is 1. The minimum absolute atomic E-state index is 0.611. The van der Waals surface area contributed by atoms with E-state index in [1.54, 1.807) is 7.11 Å². The number of likely N-dealkylation sites (tertiary alicyclic amines) is 2. The quantitative estimate of drug-likeness (QED) is 0.529. The summed E-state index contributed by atoms with van der Waals surface area (Å²) in [4.78, 5) is 9.68. The van der Waals surface area contributed by atoms with E-state index in [0.717, 1.165) is 45.0 Å². The molecule has 2 heterocycles. The topological polar surface area (TPSA) is 66.1 Å². The fraction of sp³-hybridized carbons (Fsp3) is 0.682. The predicted octanol–water partition coefficient (Wildman–Crippen LogP) is 2.30. The van der Waals surface area contributed by atoms with E-state index >= 15 is 0 Å². The number of likely N-dealkylation sites (N-methyl/N-ethyl adjacent to an activating group) is 1. The molecule has 0 bridgehead atoms. The zero-order chi connectivity index (χ0) is 19.8. The van der Waals surface area contributed by atoms with Gasteiger partial charge >= 0.3 is 0 Å². The molecule has 2 saturated heterocycles. The molecule has 0 spiro atoms. The Hall–Kier alpha value is -1.79. The molecule has 2 aliphatic heterocycles. The van der Waals surface area contributed by atoms with Crippen LogP contribution >= 0.6 is 0 Å². The van der Waals surface area contributed by atoms with Gasteiger partial charge in [0, 0.05) is 25.7 Å². The first kappa shape index (κ1) is 20.9. The first-order valence-corrected chi connectivity index (χ1v) is 10.8. The van der Waals surface area contributed by atoms with Crippen LogP contribution in [0, 0.1) is 5.92 Å². The molecule has 0 aromatic heterocycles. The predicted molar refractivity (Wildman–Crippen MR) is 116 cm³/mol. The van der Waals surface area contributed by atoms with E-state index in [2.05, 4.69) is 39.2 Å². The summed E-state index contributed by atoms with van der Waals surface area (Å²) in [5.41, 5.74) is 7.45. The second-order valence-electron chi connectivity index (χ2n) is 8.10. The number of aliphatic imine (C=N–C) groups is 1. The number of hydrogen-bond acceptors (Lipinski definition) is 4. The van der Waals surface area contributed by atoms with E-state index in [1.807, 2.05) is 12.1 Å². The molecule has 3 N–H and O–H groups in total. The normalized spacial score (nSPS) is 22.5. The SMILES string of the molecule is CCN1CCCC1CNC(N)=NCC1CCN(Cc2ccc(OC)cc2)CC1. The molecule has 1 atom stereocenters. The number of nitrogens with zero attached hydrogens (tertiary/aromatic N) is 3. The number of nitrogens with two attached hydrogens (primary N) is 1. The fourth-order valence-electron chi connectivity index (χ4n) is 4.36. The summed E-state index contributed by atoms with van der Waals surface area (Å²) in [5, 5.41) is 3.34. The fourth-order valence-corrected chi connectivity index (χ4v) is 4.36. The van der Waals surface area contributed by atoms with Gasteiger partial charge in [-0.1, -0.05) is 19.1 Å². The Morgan fingerprint density at radius 3 is 2.61 bits per heavy atom. The van der Waals surface area contributed by atoms with E-state index in [4.69, 9.17) is 10.5 Å². The number of benzene rings is 1. The lowest BCUT2D eigenvalue weighted by Crippen LogP contribution is -2.43. The van der Waals surface area contributed by atoms with Gasteiger partial charge in [0.05, 0.1) is 7.11 Å². The number of methoxy groups -OCH3 is 1. The molecule has 6 heteroatoms. The van der Waals surface area contributed by atoms with Gasteiger partial charge in [-0.25, -0.2) is 0 Å². The Bertz CT molecular complexity index is 610. The van der Waals surface area contributed by atoms with E-state index in [-0.39, 0.29) is 0 Å². The van der Waals surface area contributed by atoms with Crippen molar-refractivity contribution in [1.29, 1.82) is 0 Å². The molecule has 28 heavy (non-hydrogen) atoms. The van der Waals surface area contributed by atoms with Gasteiger partial charge in [-0.3, -0.25) is 14.8 Å². The number of nitrogens with one attached hydrogen (secondary N) is 1. The van der Waals surface area contributed by atoms with Gasteiger partial charge < -0.3 is 15.8 Å². The van der Waals surface area contributed by atoms with Gasteiger partial charge in [0.15, 0.2) is 5.96 Å². The number of hydrogen-bond donors (Lipinski definition) is 2. The molecular weight excluding hydrogens is 350 g/mol. The molecule has 2 aliphatic rings. The monoisotopic (exact) mass is 387 g/mol. The van der Waals surface area contributed by atoms with Crippen molar-refractivity contribution in [3.8, 4) is 5.75 Å². The molecule has 2 fully saturated rings. The molecule has 1 aromatic rings. The smallest absolute Gasteiger partial charge is 0.188 e. The van der Waals surface area contributed by atoms with Crippen LogP contribution in [-0.2, 0) is 6.54 Å². The molecule has 0 amide bonds. The third kappa shape index (κ3) is 6.11. The van der Waals surface area contributed by atoms with Crippen LogP contribution in [0.4, 0.5) is 0 Å². The van der Waals surface area contributed by atoms with Crippen LogP contribution < -0.4 is 15.8 Å². The highest BCUT2D eigenvalue weighted by Crippen LogP contribution is 2.20. The molecule has 1 aromatic carbocycles. The molecule has 156 valence electrons. The highest BCUT2D eigenvalue weighted by atomic mass is 16.5. The van der Waals surface area contributed by atoms with E-state index in [1.165, 1.54) is 37.8 Å². The van der Waals surface area contributed by atoms with Crippen LogP contribution in [-0.4, -0.2) is 68.2 Å². The first-order valence-electron chi connectivity index (χ1n) is 10.8. The van der Waals surface area contributed by atoms with Crippen molar-refractivity contribution < 1.29 is 4.74 Å². The second kappa shape index (κ2) is 10.7. The molecule has 0 saturated carbocycles. The van der Waals surface area contributed by atoms with E-state index < -0.39 is 0 Å². The lowest BCUT2D eigenvalue weighted by Gasteiger charge is -2.31. The Labute approximate surface area is 170 Å². The molecule has 1 unspecified atom stereocenters. The molecule has 3 rings (SSSR count). The Kier molecular flexibility index (Phi) is 7.98. The van der Waals surface area contributed by atoms with Gasteiger partial charge in [0.1, 0.15) is 5.75 Å². The maximum Gasteiger partial charge on any atom is 0.188 e. The van der Waals surface area contributed by atoms with Crippen molar-refractivity contribution in [2.24, 2.45) is 16.6 Å². The van der Waals surface area contributed by atoms with Crippen LogP contribution in [0.1, 0.15) is 38.2 Å². The van der Waals surface area contributed by atoms with Crippen molar-refractivity contribution in [3.63, 3.8) is 0 Å². The van der Waals surface area contributed by atoms with Crippen LogP contribution in [0.5, 0.6) is 5.75 Å². The summed E-state index contributed by atoms with van der Waals surface area (Å²) in [6, 6.07) is 9.01. The summed E-state index contributed by atoms with van der Waals surface area (Å²) in [5.74, 6) is 2.18. The van der Waals surface area contributed by atoms with Crippen molar-refractivity contribution in [3.05, 3.63) is 29.8 Å². The third-order valence-electron chi connectivity index (χ3n) is 6.22. The third-order valence-corrected chi connectivity index (χ3v) is 6.22. The summed E-state index contributed by atoms with van der Waals surface area (Å²) in [6.45, 7) is 9.62. The summed E-state index contributed by atoms with van der Waals surface area (Å²) < 4.78 is 5.23. The number of piperidine rings is 1. The lowest BCUT2D eigenvalue weighted by molar-refractivity contribution is 0.180. The highest BCUT2D eigenvalue weighted by Gasteiger charge is 2.23. The standard InChI is InChI=1S/C22H37N5O/c1-3-27-12-4-5-20(27)16-25-22(23)24-15-18-10-13-26(14-11-18)17-19-6-8-21(28-2)9-7-19/h6-9,18,20H,3-5,10-17H2,1-2H3,(H3,23,24,25). The van der Waals surface area contributed by atoms with Crippen molar-refractivity contribution in [2.45, 2.75) is 45.2 Å². The van der Waals surface area contributed by atoms with Gasteiger partial charge in [-0.2, -0.15) is 0 Å². The molecule has 6 nitrogen and oxygen atoms in total.